The van der Waals surface area contributed by atoms with Crippen molar-refractivity contribution in [3.63, 3.8) is 0 Å². The molecule has 0 aromatic carbocycles. The van der Waals surface area contributed by atoms with Crippen molar-refractivity contribution in [1.29, 1.82) is 0 Å². The first-order valence-electron chi connectivity index (χ1n) is 5.81. The summed E-state index contributed by atoms with van der Waals surface area (Å²) in [6.45, 7) is 5.01. The van der Waals surface area contributed by atoms with Gasteiger partial charge < -0.3 is 10.6 Å². The average molecular weight is 313 g/mol. The Morgan fingerprint density at radius 1 is 1.39 bits per heavy atom. The number of aryl methyl sites for hydroxylation is 1. The van der Waals surface area contributed by atoms with Crippen LogP contribution in [-0.4, -0.2) is 24.1 Å². The Labute approximate surface area is 126 Å². The number of halogens is 3. The Kier molecular flexibility index (Phi) is 8.91. The fourth-order valence-electron chi connectivity index (χ4n) is 1.93. The Morgan fingerprint density at radius 3 is 2.67 bits per heavy atom. The fraction of sp³-hybridized carbons (Fsp3) is 0.583. The molecule has 1 fully saturated rings. The Balaban J connectivity index is 0.00000144. The predicted octanol–water partition coefficient (Wildman–Crippen LogP) is 2.73. The molecular weight excluding hydrogens is 293 g/mol. The maximum atomic E-state index is 6.04. The van der Waals surface area contributed by atoms with E-state index in [2.05, 4.69) is 15.6 Å². The second kappa shape index (κ2) is 8.94. The van der Waals surface area contributed by atoms with Gasteiger partial charge in [-0.1, -0.05) is 11.6 Å². The fourth-order valence-corrected chi connectivity index (χ4v) is 2.12. The van der Waals surface area contributed by atoms with E-state index in [9.17, 15) is 0 Å². The molecule has 0 spiro atoms. The van der Waals surface area contributed by atoms with Gasteiger partial charge in [-0.05, 0) is 44.5 Å². The monoisotopic (exact) mass is 311 g/mol. The molecule has 0 atom stereocenters. The van der Waals surface area contributed by atoms with Gasteiger partial charge in [0, 0.05) is 18.8 Å². The third-order valence-corrected chi connectivity index (χ3v) is 3.40. The topological polar surface area (TPSA) is 37.0 Å². The Hall–Kier alpha value is -0.0600. The van der Waals surface area contributed by atoms with E-state index in [1.807, 2.05) is 19.2 Å². The molecule has 0 aliphatic carbocycles. The van der Waals surface area contributed by atoms with E-state index >= 15 is 0 Å². The highest BCUT2D eigenvalue weighted by molar-refractivity contribution is 6.31. The maximum absolute atomic E-state index is 6.04. The molecule has 18 heavy (non-hydrogen) atoms. The zero-order valence-corrected chi connectivity index (χ0v) is 12.8. The van der Waals surface area contributed by atoms with E-state index in [1.54, 1.807) is 0 Å². The number of rotatable bonds is 3. The summed E-state index contributed by atoms with van der Waals surface area (Å²) in [7, 11) is 0. The third-order valence-electron chi connectivity index (χ3n) is 3.02. The highest BCUT2D eigenvalue weighted by Crippen LogP contribution is 2.14. The van der Waals surface area contributed by atoms with Gasteiger partial charge in [-0.3, -0.25) is 4.98 Å². The van der Waals surface area contributed by atoms with Crippen LogP contribution in [0.2, 0.25) is 5.02 Å². The van der Waals surface area contributed by atoms with Gasteiger partial charge in [-0.25, -0.2) is 0 Å². The average Bonchev–Trinajstić information content (AvgIpc) is 2.32. The number of nitrogens with one attached hydrogen (secondary N) is 2. The molecule has 0 saturated carbocycles. The summed E-state index contributed by atoms with van der Waals surface area (Å²) in [6, 6.07) is 2.62. The molecule has 1 aliphatic rings. The second-order valence-corrected chi connectivity index (χ2v) is 4.72. The van der Waals surface area contributed by atoms with Crippen LogP contribution in [0.4, 0.5) is 0 Å². The number of hydrogen-bond donors (Lipinski definition) is 2. The van der Waals surface area contributed by atoms with Crippen LogP contribution in [0.5, 0.6) is 0 Å². The number of aromatic nitrogens is 1. The second-order valence-electron chi connectivity index (χ2n) is 4.32. The molecule has 104 valence electrons. The smallest absolute Gasteiger partial charge is 0.0621 e. The molecule has 2 heterocycles. The van der Waals surface area contributed by atoms with E-state index in [1.165, 1.54) is 12.8 Å². The summed E-state index contributed by atoms with van der Waals surface area (Å²) in [5, 5.41) is 7.66. The molecule has 1 aromatic heterocycles. The number of nitrogens with zero attached hydrogens (tertiary/aromatic N) is 1. The predicted molar refractivity (Wildman–Crippen MR) is 81.2 cm³/mol. The first kappa shape index (κ1) is 17.9. The Morgan fingerprint density at radius 2 is 2.06 bits per heavy atom. The van der Waals surface area contributed by atoms with Crippen molar-refractivity contribution in [3.05, 3.63) is 28.5 Å². The van der Waals surface area contributed by atoms with Gasteiger partial charge in [0.2, 0.25) is 0 Å². The SMILES string of the molecule is Cc1ncc(CNC2CCNCC2)cc1Cl.Cl.Cl. The molecule has 2 rings (SSSR count). The molecule has 0 unspecified atom stereocenters. The van der Waals surface area contributed by atoms with E-state index in [0.717, 1.165) is 35.9 Å². The summed E-state index contributed by atoms with van der Waals surface area (Å²) < 4.78 is 0. The van der Waals surface area contributed by atoms with E-state index in [4.69, 9.17) is 11.6 Å². The lowest BCUT2D eigenvalue weighted by Gasteiger charge is -2.23. The third kappa shape index (κ3) is 5.29. The lowest BCUT2D eigenvalue weighted by molar-refractivity contribution is 0.386. The lowest BCUT2D eigenvalue weighted by Crippen LogP contribution is -2.39. The lowest BCUT2D eigenvalue weighted by atomic mass is 10.1. The van der Waals surface area contributed by atoms with Crippen LogP contribution in [0.3, 0.4) is 0 Å². The molecule has 0 radical (unpaired) electrons. The van der Waals surface area contributed by atoms with Crippen molar-refractivity contribution in [2.45, 2.75) is 32.4 Å². The zero-order valence-electron chi connectivity index (χ0n) is 10.4. The van der Waals surface area contributed by atoms with Crippen LogP contribution in [0.25, 0.3) is 0 Å². The normalized spacial score (nSPS) is 15.7. The largest absolute Gasteiger partial charge is 0.317 e. The summed E-state index contributed by atoms with van der Waals surface area (Å²) in [5.41, 5.74) is 2.06. The number of pyridine rings is 1. The van der Waals surface area contributed by atoms with Gasteiger partial charge in [0.1, 0.15) is 0 Å². The minimum atomic E-state index is 0. The zero-order chi connectivity index (χ0) is 11.4. The number of hydrogen-bond acceptors (Lipinski definition) is 3. The molecule has 3 nitrogen and oxygen atoms in total. The van der Waals surface area contributed by atoms with Crippen molar-refractivity contribution >= 4 is 36.4 Å². The maximum Gasteiger partial charge on any atom is 0.0621 e. The minimum absolute atomic E-state index is 0. The molecule has 6 heteroatoms. The molecule has 1 saturated heterocycles. The van der Waals surface area contributed by atoms with Crippen LogP contribution < -0.4 is 10.6 Å². The van der Waals surface area contributed by atoms with Crippen molar-refractivity contribution in [1.82, 2.24) is 15.6 Å². The first-order chi connectivity index (χ1) is 7.75. The molecular formula is C12H20Cl3N3. The van der Waals surface area contributed by atoms with Crippen LogP contribution in [0, 0.1) is 6.92 Å². The van der Waals surface area contributed by atoms with E-state index < -0.39 is 0 Å². The molecule has 2 N–H and O–H groups in total. The molecule has 1 aromatic rings. The molecule has 0 amide bonds. The van der Waals surface area contributed by atoms with Gasteiger partial charge in [0.15, 0.2) is 0 Å². The molecule has 1 aliphatic heterocycles. The quantitative estimate of drug-likeness (QED) is 0.901. The highest BCUT2D eigenvalue weighted by atomic mass is 35.5. The van der Waals surface area contributed by atoms with Gasteiger partial charge in [0.25, 0.3) is 0 Å². The van der Waals surface area contributed by atoms with Gasteiger partial charge in [-0.2, -0.15) is 0 Å². The van der Waals surface area contributed by atoms with Crippen LogP contribution in [-0.2, 0) is 6.54 Å². The van der Waals surface area contributed by atoms with E-state index in [0.29, 0.717) is 6.04 Å². The summed E-state index contributed by atoms with van der Waals surface area (Å²) in [6.07, 6.45) is 4.30. The Bertz CT molecular complexity index is 354. The van der Waals surface area contributed by atoms with Crippen molar-refractivity contribution in [2.24, 2.45) is 0 Å². The van der Waals surface area contributed by atoms with Crippen LogP contribution in [0.1, 0.15) is 24.1 Å². The summed E-state index contributed by atoms with van der Waals surface area (Å²) in [4.78, 5) is 4.26. The van der Waals surface area contributed by atoms with Gasteiger partial charge in [-0.15, -0.1) is 24.8 Å². The standard InChI is InChI=1S/C12H18ClN3.2ClH/c1-9-12(13)6-10(7-15-9)8-16-11-2-4-14-5-3-11;;/h6-7,11,14,16H,2-5,8H2,1H3;2*1H. The minimum Gasteiger partial charge on any atom is -0.317 e. The van der Waals surface area contributed by atoms with Crippen LogP contribution in [0.15, 0.2) is 12.3 Å². The summed E-state index contributed by atoms with van der Waals surface area (Å²) in [5.74, 6) is 0. The van der Waals surface area contributed by atoms with Gasteiger partial charge in [0.05, 0.1) is 10.7 Å². The van der Waals surface area contributed by atoms with Gasteiger partial charge >= 0.3 is 0 Å². The van der Waals surface area contributed by atoms with E-state index in [-0.39, 0.29) is 24.8 Å². The van der Waals surface area contributed by atoms with Crippen LogP contribution >= 0.6 is 36.4 Å². The summed E-state index contributed by atoms with van der Waals surface area (Å²) >= 11 is 6.04. The first-order valence-corrected chi connectivity index (χ1v) is 6.18. The van der Waals surface area contributed by atoms with Crippen molar-refractivity contribution in [2.75, 3.05) is 13.1 Å². The highest BCUT2D eigenvalue weighted by Gasteiger charge is 2.11. The number of piperidine rings is 1. The van der Waals surface area contributed by atoms with Crippen molar-refractivity contribution < 1.29 is 0 Å². The molecule has 0 bridgehead atoms. The van der Waals surface area contributed by atoms with Crippen molar-refractivity contribution in [3.8, 4) is 0 Å².